The number of methoxy groups -OCH3 is 1. The monoisotopic (exact) mass is 237 g/mol. The summed E-state index contributed by atoms with van der Waals surface area (Å²) in [5.41, 5.74) is 0. The highest BCUT2D eigenvalue weighted by Gasteiger charge is 2.23. The quantitative estimate of drug-likeness (QED) is 0.855. The van der Waals surface area contributed by atoms with Gasteiger partial charge in [-0.2, -0.15) is 9.97 Å². The second-order valence-corrected chi connectivity index (χ2v) is 4.42. The molecule has 1 aromatic heterocycles. The van der Waals surface area contributed by atoms with E-state index >= 15 is 0 Å². The van der Waals surface area contributed by atoms with Crippen LogP contribution in [0.5, 0.6) is 11.8 Å². The number of nitrogens with zero attached hydrogens (tertiary/aromatic N) is 2. The predicted molar refractivity (Wildman–Crippen MR) is 64.4 cm³/mol. The third-order valence-electron chi connectivity index (χ3n) is 3.03. The van der Waals surface area contributed by atoms with Crippen molar-refractivity contribution in [1.82, 2.24) is 15.3 Å². The summed E-state index contributed by atoms with van der Waals surface area (Å²) in [6.45, 7) is 5.97. The molecule has 2 atom stereocenters. The van der Waals surface area contributed by atoms with Gasteiger partial charge in [-0.15, -0.1) is 0 Å². The molecule has 0 radical (unpaired) electrons. The van der Waals surface area contributed by atoms with Gasteiger partial charge in [0.05, 0.1) is 13.2 Å². The first-order valence-corrected chi connectivity index (χ1v) is 5.96. The third-order valence-corrected chi connectivity index (χ3v) is 3.03. The van der Waals surface area contributed by atoms with Gasteiger partial charge in [-0.25, -0.2) is 0 Å². The van der Waals surface area contributed by atoms with Gasteiger partial charge in [0.2, 0.25) is 11.8 Å². The Bertz CT molecular complexity index is 384. The first kappa shape index (κ1) is 12.1. The van der Waals surface area contributed by atoms with Gasteiger partial charge in [0.1, 0.15) is 11.9 Å². The Hall–Kier alpha value is -1.36. The molecule has 0 bridgehead atoms. The molecule has 0 amide bonds. The van der Waals surface area contributed by atoms with Crippen molar-refractivity contribution in [2.75, 3.05) is 20.2 Å². The van der Waals surface area contributed by atoms with Gasteiger partial charge in [0, 0.05) is 6.54 Å². The molecule has 0 aliphatic carbocycles. The van der Waals surface area contributed by atoms with Crippen LogP contribution in [0.3, 0.4) is 0 Å². The second-order valence-electron chi connectivity index (χ2n) is 4.42. The molecule has 94 valence electrons. The molecule has 1 fully saturated rings. The number of nitrogens with one attached hydrogen (secondary N) is 1. The standard InChI is InChI=1S/C12H19N3O2/c1-8-4-5-13-7-10(8)17-12-6-11(16-3)14-9(2)15-12/h6,8,10,13H,4-5,7H2,1-3H3. The SMILES string of the molecule is COc1cc(OC2CNCCC2C)nc(C)n1. The fraction of sp³-hybridized carbons (Fsp3) is 0.667. The first-order chi connectivity index (χ1) is 8.19. The Morgan fingerprint density at radius 3 is 2.82 bits per heavy atom. The molecular formula is C12H19N3O2. The van der Waals surface area contributed by atoms with E-state index in [1.807, 2.05) is 6.92 Å². The maximum Gasteiger partial charge on any atom is 0.220 e. The largest absolute Gasteiger partial charge is 0.481 e. The third kappa shape index (κ3) is 3.06. The number of aromatic nitrogens is 2. The molecule has 1 aliphatic rings. The lowest BCUT2D eigenvalue weighted by Crippen LogP contribution is -2.43. The molecule has 1 saturated heterocycles. The minimum Gasteiger partial charge on any atom is -0.481 e. The number of rotatable bonds is 3. The highest BCUT2D eigenvalue weighted by atomic mass is 16.5. The molecule has 1 aliphatic heterocycles. The number of aryl methyl sites for hydroxylation is 1. The fourth-order valence-corrected chi connectivity index (χ4v) is 1.95. The summed E-state index contributed by atoms with van der Waals surface area (Å²) >= 11 is 0. The smallest absolute Gasteiger partial charge is 0.220 e. The van der Waals surface area contributed by atoms with E-state index in [0.29, 0.717) is 23.5 Å². The average molecular weight is 237 g/mol. The molecule has 2 rings (SSSR count). The zero-order chi connectivity index (χ0) is 12.3. The number of hydrogen-bond acceptors (Lipinski definition) is 5. The predicted octanol–water partition coefficient (Wildman–Crippen LogP) is 1.17. The maximum atomic E-state index is 5.90. The van der Waals surface area contributed by atoms with E-state index in [1.165, 1.54) is 0 Å². The van der Waals surface area contributed by atoms with Gasteiger partial charge in [0.15, 0.2) is 0 Å². The van der Waals surface area contributed by atoms with Crippen molar-refractivity contribution in [3.05, 3.63) is 11.9 Å². The minimum atomic E-state index is 0.169. The van der Waals surface area contributed by atoms with E-state index < -0.39 is 0 Å². The topological polar surface area (TPSA) is 56.3 Å². The molecule has 0 saturated carbocycles. The van der Waals surface area contributed by atoms with Crippen LogP contribution >= 0.6 is 0 Å². The van der Waals surface area contributed by atoms with Crippen LogP contribution in [0.4, 0.5) is 0 Å². The van der Waals surface area contributed by atoms with Crippen molar-refractivity contribution >= 4 is 0 Å². The van der Waals surface area contributed by atoms with Gasteiger partial charge in [0.25, 0.3) is 0 Å². The van der Waals surface area contributed by atoms with Gasteiger partial charge >= 0.3 is 0 Å². The van der Waals surface area contributed by atoms with Crippen molar-refractivity contribution in [1.29, 1.82) is 0 Å². The Kier molecular flexibility index (Phi) is 3.78. The Balaban J connectivity index is 2.09. The van der Waals surface area contributed by atoms with Crippen LogP contribution in [-0.2, 0) is 0 Å². The highest BCUT2D eigenvalue weighted by molar-refractivity contribution is 5.20. The van der Waals surface area contributed by atoms with Crippen LogP contribution < -0.4 is 14.8 Å². The van der Waals surface area contributed by atoms with E-state index in [1.54, 1.807) is 13.2 Å². The van der Waals surface area contributed by atoms with Gasteiger partial charge < -0.3 is 14.8 Å². The van der Waals surface area contributed by atoms with Crippen molar-refractivity contribution in [3.63, 3.8) is 0 Å². The minimum absolute atomic E-state index is 0.169. The molecule has 17 heavy (non-hydrogen) atoms. The summed E-state index contributed by atoms with van der Waals surface area (Å²) in [6, 6.07) is 1.73. The van der Waals surface area contributed by atoms with Crippen LogP contribution in [0.15, 0.2) is 6.07 Å². The van der Waals surface area contributed by atoms with Crippen LogP contribution in [0.25, 0.3) is 0 Å². The Morgan fingerprint density at radius 2 is 2.12 bits per heavy atom. The van der Waals surface area contributed by atoms with Crippen molar-refractivity contribution in [2.45, 2.75) is 26.4 Å². The van der Waals surface area contributed by atoms with Gasteiger partial charge in [-0.1, -0.05) is 6.92 Å². The Morgan fingerprint density at radius 1 is 1.35 bits per heavy atom. The molecule has 5 heteroatoms. The van der Waals surface area contributed by atoms with Crippen LogP contribution in [0, 0.1) is 12.8 Å². The lowest BCUT2D eigenvalue weighted by atomic mass is 9.97. The first-order valence-electron chi connectivity index (χ1n) is 5.96. The number of piperidine rings is 1. The van der Waals surface area contributed by atoms with E-state index in [-0.39, 0.29) is 6.10 Å². The van der Waals surface area contributed by atoms with E-state index in [9.17, 15) is 0 Å². The van der Waals surface area contributed by atoms with E-state index in [0.717, 1.165) is 19.5 Å². The molecular weight excluding hydrogens is 218 g/mol. The summed E-state index contributed by atoms with van der Waals surface area (Å²) < 4.78 is 11.0. The van der Waals surface area contributed by atoms with Crippen molar-refractivity contribution < 1.29 is 9.47 Å². The molecule has 0 spiro atoms. The maximum absolute atomic E-state index is 5.90. The lowest BCUT2D eigenvalue weighted by molar-refractivity contribution is 0.109. The highest BCUT2D eigenvalue weighted by Crippen LogP contribution is 2.20. The van der Waals surface area contributed by atoms with Crippen LogP contribution in [0.2, 0.25) is 0 Å². The van der Waals surface area contributed by atoms with Crippen LogP contribution in [-0.4, -0.2) is 36.3 Å². The summed E-state index contributed by atoms with van der Waals surface area (Å²) in [5.74, 6) is 2.34. The summed E-state index contributed by atoms with van der Waals surface area (Å²) in [5, 5.41) is 3.33. The number of hydrogen-bond donors (Lipinski definition) is 1. The molecule has 5 nitrogen and oxygen atoms in total. The summed E-state index contributed by atoms with van der Waals surface area (Å²) in [4.78, 5) is 8.40. The zero-order valence-electron chi connectivity index (χ0n) is 10.6. The normalized spacial score (nSPS) is 24.4. The van der Waals surface area contributed by atoms with Gasteiger partial charge in [-0.05, 0) is 25.8 Å². The molecule has 1 N–H and O–H groups in total. The van der Waals surface area contributed by atoms with Gasteiger partial charge in [-0.3, -0.25) is 0 Å². The summed E-state index contributed by atoms with van der Waals surface area (Å²) in [7, 11) is 1.59. The fourth-order valence-electron chi connectivity index (χ4n) is 1.95. The van der Waals surface area contributed by atoms with Crippen molar-refractivity contribution in [2.24, 2.45) is 5.92 Å². The molecule has 1 aromatic rings. The average Bonchev–Trinajstić information content (AvgIpc) is 2.31. The molecule has 0 aromatic carbocycles. The van der Waals surface area contributed by atoms with Crippen LogP contribution in [0.1, 0.15) is 19.2 Å². The summed E-state index contributed by atoms with van der Waals surface area (Å²) in [6.07, 6.45) is 1.30. The van der Waals surface area contributed by atoms with Crippen molar-refractivity contribution in [3.8, 4) is 11.8 Å². The zero-order valence-corrected chi connectivity index (χ0v) is 10.6. The van der Waals surface area contributed by atoms with E-state index in [4.69, 9.17) is 9.47 Å². The number of ether oxygens (including phenoxy) is 2. The molecule has 2 unspecified atom stereocenters. The molecule has 2 heterocycles. The second kappa shape index (κ2) is 5.31. The lowest BCUT2D eigenvalue weighted by Gasteiger charge is -2.29. The Labute approximate surface area is 102 Å². The van der Waals surface area contributed by atoms with E-state index in [2.05, 4.69) is 22.2 Å².